The number of likely N-dealkylation sites (N-methyl/N-ethyl adjacent to an activating group) is 2. The molecule has 3 rings (SSSR count). The molecule has 0 N–H and O–H groups in total. The van der Waals surface area contributed by atoms with Crippen molar-refractivity contribution < 1.29 is 0 Å². The summed E-state index contributed by atoms with van der Waals surface area (Å²) in [6.45, 7) is 4.43. The molecule has 0 bridgehead atoms. The van der Waals surface area contributed by atoms with E-state index in [1.54, 1.807) is 0 Å². The molecule has 0 amide bonds. The molecule has 2 heterocycles. The molecule has 1 fully saturated rings. The molecule has 2 aromatic rings. The van der Waals surface area contributed by atoms with E-state index < -0.39 is 0 Å². The highest BCUT2D eigenvalue weighted by Crippen LogP contribution is 2.16. The molecule has 0 aliphatic carbocycles. The van der Waals surface area contributed by atoms with E-state index in [4.69, 9.17) is 0 Å². The van der Waals surface area contributed by atoms with Crippen LogP contribution < -0.4 is 0 Å². The first kappa shape index (κ1) is 13.6. The maximum absolute atomic E-state index is 4.49. The van der Waals surface area contributed by atoms with Gasteiger partial charge in [-0.3, -0.25) is 4.68 Å². The van der Waals surface area contributed by atoms with E-state index in [1.807, 2.05) is 6.20 Å². The third-order valence-corrected chi connectivity index (χ3v) is 4.44. The Hall–Kier alpha value is -1.39. The Bertz CT molecular complexity index is 562. The zero-order valence-electron chi connectivity index (χ0n) is 12.5. The van der Waals surface area contributed by atoms with Crippen molar-refractivity contribution in [3.8, 4) is 0 Å². The summed E-state index contributed by atoms with van der Waals surface area (Å²) in [5.74, 6) is 0. The van der Waals surface area contributed by atoms with Crippen LogP contribution >= 0.6 is 0 Å². The van der Waals surface area contributed by atoms with Crippen LogP contribution in [0.15, 0.2) is 30.5 Å². The molecule has 0 radical (unpaired) electrons. The molecule has 1 saturated heterocycles. The highest BCUT2D eigenvalue weighted by molar-refractivity contribution is 5.78. The number of fused-ring (bicyclic) bond motifs is 1. The maximum Gasteiger partial charge on any atom is 0.0682 e. The average molecular weight is 272 g/mol. The number of hydrogen-bond acceptors (Lipinski definition) is 3. The van der Waals surface area contributed by atoms with Gasteiger partial charge in [-0.15, -0.1) is 0 Å². The van der Waals surface area contributed by atoms with Crippen LogP contribution in [0.4, 0.5) is 0 Å². The van der Waals surface area contributed by atoms with Crippen LogP contribution in [0, 0.1) is 0 Å². The molecule has 0 spiro atoms. The molecule has 1 aromatic carbocycles. The van der Waals surface area contributed by atoms with E-state index in [9.17, 15) is 0 Å². The first-order chi connectivity index (χ1) is 9.74. The maximum atomic E-state index is 4.49. The molecule has 1 atom stereocenters. The van der Waals surface area contributed by atoms with Crippen molar-refractivity contribution in [1.82, 2.24) is 19.6 Å². The number of benzene rings is 1. The molecule has 4 nitrogen and oxygen atoms in total. The second-order valence-electron chi connectivity index (χ2n) is 5.97. The fraction of sp³-hybridized carbons (Fsp3) is 0.562. The first-order valence-corrected chi connectivity index (χ1v) is 7.53. The highest BCUT2D eigenvalue weighted by atomic mass is 15.3. The lowest BCUT2D eigenvalue weighted by molar-refractivity contribution is 0.214. The predicted octanol–water partition coefficient (Wildman–Crippen LogP) is 2.06. The molecular formula is C16H24N4. The summed E-state index contributed by atoms with van der Waals surface area (Å²) in [6.07, 6.45) is 4.64. The Balaban J connectivity index is 1.56. The van der Waals surface area contributed by atoms with Crippen molar-refractivity contribution in [2.24, 2.45) is 0 Å². The monoisotopic (exact) mass is 272 g/mol. The first-order valence-electron chi connectivity index (χ1n) is 7.53. The fourth-order valence-corrected chi connectivity index (χ4v) is 3.13. The van der Waals surface area contributed by atoms with Crippen LogP contribution in [0.25, 0.3) is 10.9 Å². The highest BCUT2D eigenvalue weighted by Gasteiger charge is 2.21. The molecule has 20 heavy (non-hydrogen) atoms. The van der Waals surface area contributed by atoms with Crippen molar-refractivity contribution in [2.75, 3.05) is 33.7 Å². The van der Waals surface area contributed by atoms with Gasteiger partial charge in [0.05, 0.1) is 18.3 Å². The Labute approximate surface area is 121 Å². The SMILES string of the molecule is CN(CCn1ncc2ccccc21)CC1CCCN1C. The third kappa shape index (κ3) is 2.86. The third-order valence-electron chi connectivity index (χ3n) is 4.44. The predicted molar refractivity (Wildman–Crippen MR) is 82.9 cm³/mol. The number of aromatic nitrogens is 2. The van der Waals surface area contributed by atoms with Crippen LogP contribution in [0.3, 0.4) is 0 Å². The van der Waals surface area contributed by atoms with Crippen molar-refractivity contribution in [3.05, 3.63) is 30.5 Å². The summed E-state index contributed by atoms with van der Waals surface area (Å²) < 4.78 is 2.12. The Kier molecular flexibility index (Phi) is 4.03. The van der Waals surface area contributed by atoms with Crippen LogP contribution in [-0.4, -0.2) is 59.4 Å². The van der Waals surface area contributed by atoms with Crippen molar-refractivity contribution >= 4 is 10.9 Å². The van der Waals surface area contributed by atoms with Gasteiger partial charge in [0.15, 0.2) is 0 Å². The van der Waals surface area contributed by atoms with Crippen molar-refractivity contribution in [2.45, 2.75) is 25.4 Å². The second-order valence-corrected chi connectivity index (χ2v) is 5.97. The van der Waals surface area contributed by atoms with Gasteiger partial charge in [0.25, 0.3) is 0 Å². The van der Waals surface area contributed by atoms with Gasteiger partial charge in [0, 0.05) is 24.5 Å². The quantitative estimate of drug-likeness (QED) is 0.833. The number of likely N-dealkylation sites (tertiary alicyclic amines) is 1. The van der Waals surface area contributed by atoms with E-state index in [-0.39, 0.29) is 0 Å². The molecule has 1 unspecified atom stereocenters. The average Bonchev–Trinajstić information content (AvgIpc) is 3.04. The number of rotatable bonds is 5. The minimum atomic E-state index is 0.731. The number of hydrogen-bond donors (Lipinski definition) is 0. The van der Waals surface area contributed by atoms with E-state index in [0.29, 0.717) is 0 Å². The fourth-order valence-electron chi connectivity index (χ4n) is 3.13. The normalized spacial score (nSPS) is 20.2. The van der Waals surface area contributed by atoms with E-state index in [1.165, 1.54) is 30.3 Å². The van der Waals surface area contributed by atoms with Crippen molar-refractivity contribution in [1.29, 1.82) is 0 Å². The Morgan fingerprint density at radius 3 is 3.00 bits per heavy atom. The Morgan fingerprint density at radius 1 is 1.35 bits per heavy atom. The molecule has 4 heteroatoms. The molecule has 0 saturated carbocycles. The summed E-state index contributed by atoms with van der Waals surface area (Å²) in [6, 6.07) is 9.14. The van der Waals surface area contributed by atoms with Crippen LogP contribution in [0.5, 0.6) is 0 Å². The van der Waals surface area contributed by atoms with Crippen molar-refractivity contribution in [3.63, 3.8) is 0 Å². The summed E-state index contributed by atoms with van der Waals surface area (Å²) in [4.78, 5) is 4.92. The summed E-state index contributed by atoms with van der Waals surface area (Å²) in [7, 11) is 4.46. The van der Waals surface area contributed by atoms with Gasteiger partial charge in [-0.2, -0.15) is 5.10 Å². The molecular weight excluding hydrogens is 248 g/mol. The zero-order chi connectivity index (χ0) is 13.9. The smallest absolute Gasteiger partial charge is 0.0682 e. The minimum absolute atomic E-state index is 0.731. The van der Waals surface area contributed by atoms with Crippen LogP contribution in [0.1, 0.15) is 12.8 Å². The van der Waals surface area contributed by atoms with Crippen LogP contribution in [-0.2, 0) is 6.54 Å². The van der Waals surface area contributed by atoms with Gasteiger partial charge >= 0.3 is 0 Å². The van der Waals surface area contributed by atoms with Gasteiger partial charge in [-0.05, 0) is 39.5 Å². The van der Waals surface area contributed by atoms with Gasteiger partial charge in [-0.25, -0.2) is 0 Å². The number of nitrogens with zero attached hydrogens (tertiary/aromatic N) is 4. The lowest BCUT2D eigenvalue weighted by atomic mass is 10.2. The largest absolute Gasteiger partial charge is 0.303 e. The van der Waals surface area contributed by atoms with E-state index in [2.05, 4.69) is 57.9 Å². The van der Waals surface area contributed by atoms with Gasteiger partial charge < -0.3 is 9.80 Å². The summed E-state index contributed by atoms with van der Waals surface area (Å²) >= 11 is 0. The number of para-hydroxylation sites is 1. The molecule has 1 aliphatic rings. The van der Waals surface area contributed by atoms with Crippen LogP contribution in [0.2, 0.25) is 0 Å². The van der Waals surface area contributed by atoms with Gasteiger partial charge in [0.2, 0.25) is 0 Å². The second kappa shape index (κ2) is 5.94. The summed E-state index contributed by atoms with van der Waals surface area (Å²) in [5, 5.41) is 5.72. The standard InChI is InChI=1S/C16H24N4/c1-18(13-15-7-5-9-19(15)2)10-11-20-16-8-4-3-6-14(16)12-17-20/h3-4,6,8,12,15H,5,7,9-11,13H2,1-2H3. The van der Waals surface area contributed by atoms with Gasteiger partial charge in [-0.1, -0.05) is 18.2 Å². The Morgan fingerprint density at radius 2 is 2.20 bits per heavy atom. The van der Waals surface area contributed by atoms with E-state index >= 15 is 0 Å². The summed E-state index contributed by atoms with van der Waals surface area (Å²) in [5.41, 5.74) is 1.24. The molecule has 108 valence electrons. The molecule has 1 aromatic heterocycles. The van der Waals surface area contributed by atoms with E-state index in [0.717, 1.165) is 25.7 Å². The lowest BCUT2D eigenvalue weighted by Gasteiger charge is -2.25. The topological polar surface area (TPSA) is 24.3 Å². The van der Waals surface area contributed by atoms with Gasteiger partial charge in [0.1, 0.15) is 0 Å². The minimum Gasteiger partial charge on any atom is -0.303 e. The molecule has 1 aliphatic heterocycles. The lowest BCUT2D eigenvalue weighted by Crippen LogP contribution is -2.37. The zero-order valence-corrected chi connectivity index (χ0v) is 12.5.